The van der Waals surface area contributed by atoms with Gasteiger partial charge in [0.2, 0.25) is 0 Å². The van der Waals surface area contributed by atoms with Gasteiger partial charge < -0.3 is 0 Å². The van der Waals surface area contributed by atoms with Crippen LogP contribution in [0.2, 0.25) is 0 Å². The van der Waals surface area contributed by atoms with Crippen LogP contribution in [0.15, 0.2) is 35.5 Å². The lowest BCUT2D eigenvalue weighted by atomic mass is 10.1. The number of rotatable bonds is 5. The van der Waals surface area contributed by atoms with Gasteiger partial charge in [0, 0.05) is 0 Å². The van der Waals surface area contributed by atoms with Gasteiger partial charge in [0.25, 0.3) is 16.0 Å². The Hall–Kier alpha value is -2.68. The molecule has 0 amide bonds. The van der Waals surface area contributed by atoms with E-state index >= 15 is 0 Å². The van der Waals surface area contributed by atoms with Crippen LogP contribution in [-0.2, 0) is 16.6 Å². The molecule has 0 fully saturated rings. The molecule has 1 aromatic carbocycles. The smallest absolute Gasteiger partial charge is 0.267 e. The summed E-state index contributed by atoms with van der Waals surface area (Å²) in [6.07, 6.45) is 1.50. The fourth-order valence-corrected chi connectivity index (χ4v) is 3.84. The summed E-state index contributed by atoms with van der Waals surface area (Å²) < 4.78 is 28.9. The Morgan fingerprint density at radius 3 is 2.71 bits per heavy atom. The molecule has 2 heterocycles. The molecule has 3 rings (SSSR count). The number of benzene rings is 1. The highest BCUT2D eigenvalue weighted by molar-refractivity contribution is 7.92. The third-order valence-electron chi connectivity index (χ3n) is 3.52. The monoisotopic (exact) mass is 346 g/mol. The molecule has 0 bridgehead atoms. The first-order valence-corrected chi connectivity index (χ1v) is 8.83. The van der Waals surface area contributed by atoms with Crippen molar-refractivity contribution in [1.82, 2.24) is 25.0 Å². The topological polar surface area (TPSA) is 106 Å². The fraction of sp³-hybridized carbons (Fsp3) is 0.267. The van der Waals surface area contributed by atoms with E-state index in [2.05, 4.69) is 25.0 Å². The molecule has 0 spiro atoms. The number of sulfonamides is 1. The Morgan fingerprint density at radius 2 is 2.04 bits per heavy atom. The summed E-state index contributed by atoms with van der Waals surface area (Å²) in [5.74, 6) is 0.0302. The second kappa shape index (κ2) is 6.08. The molecule has 0 saturated carbocycles. The van der Waals surface area contributed by atoms with Crippen molar-refractivity contribution < 1.29 is 8.42 Å². The van der Waals surface area contributed by atoms with Crippen LogP contribution in [0, 0.1) is 20.8 Å². The highest BCUT2D eigenvalue weighted by atomic mass is 32.2. The lowest BCUT2D eigenvalue weighted by Crippen LogP contribution is -2.16. The van der Waals surface area contributed by atoms with Gasteiger partial charge in [-0.15, -0.1) is 5.10 Å². The zero-order valence-corrected chi connectivity index (χ0v) is 14.4. The Morgan fingerprint density at radius 1 is 1.25 bits per heavy atom. The summed E-state index contributed by atoms with van der Waals surface area (Å²) in [5, 5.41) is 10.7. The Balaban J connectivity index is 1.79. The lowest BCUT2D eigenvalue weighted by Gasteiger charge is -2.05. The molecular weight excluding hydrogens is 328 g/mol. The number of hydrogen-bond donors (Lipinski definition) is 2. The maximum Gasteiger partial charge on any atom is 0.267 e. The number of aryl methyl sites for hydroxylation is 3. The van der Waals surface area contributed by atoms with Gasteiger partial charge in [-0.2, -0.15) is 10.1 Å². The molecule has 0 atom stereocenters. The van der Waals surface area contributed by atoms with Crippen LogP contribution in [-0.4, -0.2) is 33.4 Å². The normalized spacial score (nSPS) is 11.6. The van der Waals surface area contributed by atoms with Crippen LogP contribution in [0.3, 0.4) is 0 Å². The molecule has 0 aliphatic carbocycles. The fourth-order valence-electron chi connectivity index (χ4n) is 2.52. The van der Waals surface area contributed by atoms with E-state index in [0.29, 0.717) is 17.9 Å². The number of nitrogens with one attached hydrogen (secondary N) is 2. The molecule has 8 nitrogen and oxygen atoms in total. The minimum Gasteiger partial charge on any atom is -0.281 e. The highest BCUT2D eigenvalue weighted by Gasteiger charge is 2.23. The predicted octanol–water partition coefficient (Wildman–Crippen LogP) is 1.78. The maximum absolute atomic E-state index is 12.5. The number of aromatic nitrogens is 5. The third kappa shape index (κ3) is 3.30. The van der Waals surface area contributed by atoms with E-state index in [4.69, 9.17) is 0 Å². The Kier molecular flexibility index (Phi) is 4.10. The number of aromatic amines is 1. The zero-order chi connectivity index (χ0) is 17.3. The van der Waals surface area contributed by atoms with Crippen LogP contribution in [0.25, 0.3) is 0 Å². The molecule has 0 aliphatic heterocycles. The quantitative estimate of drug-likeness (QED) is 0.732. The van der Waals surface area contributed by atoms with Crippen molar-refractivity contribution in [3.8, 4) is 0 Å². The summed E-state index contributed by atoms with van der Waals surface area (Å²) in [6, 6.07) is 8.01. The van der Waals surface area contributed by atoms with Crippen LogP contribution in [0.4, 0.5) is 5.95 Å². The second-order valence-corrected chi connectivity index (χ2v) is 7.24. The van der Waals surface area contributed by atoms with Gasteiger partial charge in [0.1, 0.15) is 11.2 Å². The third-order valence-corrected chi connectivity index (χ3v) is 5.11. The van der Waals surface area contributed by atoms with E-state index in [0.717, 1.165) is 11.1 Å². The van der Waals surface area contributed by atoms with E-state index in [-0.39, 0.29) is 10.8 Å². The molecule has 0 radical (unpaired) electrons. The van der Waals surface area contributed by atoms with Crippen LogP contribution in [0.5, 0.6) is 0 Å². The SMILES string of the molecule is Cc1cccc(Cn2cnc(NS(=O)(=O)c3c(C)n[nH]c3C)n2)c1. The molecule has 126 valence electrons. The molecule has 3 aromatic rings. The first-order chi connectivity index (χ1) is 11.3. The van der Waals surface area contributed by atoms with Crippen LogP contribution >= 0.6 is 0 Å². The van der Waals surface area contributed by atoms with Crippen molar-refractivity contribution in [2.75, 3.05) is 4.72 Å². The minimum atomic E-state index is -3.78. The first kappa shape index (κ1) is 16.2. The number of nitrogens with zero attached hydrogens (tertiary/aromatic N) is 4. The van der Waals surface area contributed by atoms with E-state index in [1.165, 1.54) is 6.33 Å². The molecule has 0 saturated heterocycles. The van der Waals surface area contributed by atoms with Crippen molar-refractivity contribution in [3.05, 3.63) is 53.1 Å². The lowest BCUT2D eigenvalue weighted by molar-refractivity contribution is 0.599. The van der Waals surface area contributed by atoms with E-state index in [1.807, 2.05) is 31.2 Å². The molecule has 2 aromatic heterocycles. The van der Waals surface area contributed by atoms with E-state index in [1.54, 1.807) is 18.5 Å². The maximum atomic E-state index is 12.5. The minimum absolute atomic E-state index is 0.0302. The first-order valence-electron chi connectivity index (χ1n) is 7.34. The molecule has 0 aliphatic rings. The van der Waals surface area contributed by atoms with Crippen molar-refractivity contribution in [3.63, 3.8) is 0 Å². The van der Waals surface area contributed by atoms with Crippen molar-refractivity contribution >= 4 is 16.0 Å². The van der Waals surface area contributed by atoms with E-state index in [9.17, 15) is 8.42 Å². The van der Waals surface area contributed by atoms with Gasteiger partial charge in [-0.3, -0.25) is 5.10 Å². The van der Waals surface area contributed by atoms with Gasteiger partial charge in [-0.1, -0.05) is 29.8 Å². The van der Waals surface area contributed by atoms with Gasteiger partial charge in [-0.25, -0.2) is 17.8 Å². The summed E-state index contributed by atoms with van der Waals surface area (Å²) >= 11 is 0. The largest absolute Gasteiger partial charge is 0.281 e. The standard InChI is InChI=1S/C15H18N6O2S/c1-10-5-4-6-13(7-10)8-21-9-16-15(19-21)20-24(22,23)14-11(2)17-18-12(14)3/h4-7,9H,8H2,1-3H3,(H,17,18)(H,19,20). The predicted molar refractivity (Wildman–Crippen MR) is 89.2 cm³/mol. The summed E-state index contributed by atoms with van der Waals surface area (Å²) in [7, 11) is -3.78. The van der Waals surface area contributed by atoms with Crippen molar-refractivity contribution in [2.24, 2.45) is 0 Å². The van der Waals surface area contributed by atoms with Gasteiger partial charge in [-0.05, 0) is 26.3 Å². The second-order valence-electron chi connectivity index (χ2n) is 5.62. The number of anilines is 1. The Bertz CT molecular complexity index is 954. The van der Waals surface area contributed by atoms with Gasteiger partial charge >= 0.3 is 0 Å². The van der Waals surface area contributed by atoms with Crippen molar-refractivity contribution in [2.45, 2.75) is 32.2 Å². The molecule has 2 N–H and O–H groups in total. The Labute approximate surface area is 140 Å². The average Bonchev–Trinajstić information content (AvgIpc) is 3.05. The van der Waals surface area contributed by atoms with Crippen LogP contribution in [0.1, 0.15) is 22.5 Å². The summed E-state index contributed by atoms with van der Waals surface area (Å²) in [5.41, 5.74) is 3.09. The number of H-pyrrole nitrogens is 1. The van der Waals surface area contributed by atoms with Crippen molar-refractivity contribution in [1.29, 1.82) is 0 Å². The molecule has 9 heteroatoms. The number of hydrogen-bond acceptors (Lipinski definition) is 5. The molecular formula is C15H18N6O2S. The van der Waals surface area contributed by atoms with Gasteiger partial charge in [0.15, 0.2) is 0 Å². The van der Waals surface area contributed by atoms with Gasteiger partial charge in [0.05, 0.1) is 17.9 Å². The molecule has 0 unspecified atom stereocenters. The van der Waals surface area contributed by atoms with Crippen LogP contribution < -0.4 is 4.72 Å². The summed E-state index contributed by atoms with van der Waals surface area (Å²) in [6.45, 7) is 5.81. The average molecular weight is 346 g/mol. The van der Waals surface area contributed by atoms with E-state index < -0.39 is 10.0 Å². The zero-order valence-electron chi connectivity index (χ0n) is 13.6. The molecule has 24 heavy (non-hydrogen) atoms. The highest BCUT2D eigenvalue weighted by Crippen LogP contribution is 2.19. The summed E-state index contributed by atoms with van der Waals surface area (Å²) in [4.78, 5) is 4.14.